The summed E-state index contributed by atoms with van der Waals surface area (Å²) >= 11 is 6.30. The molecule has 0 saturated carbocycles. The summed E-state index contributed by atoms with van der Waals surface area (Å²) < 4.78 is 5.03. The van der Waals surface area contributed by atoms with Crippen LogP contribution in [0.15, 0.2) is 34.9 Å². The molecule has 0 spiro atoms. The molecule has 5 nitrogen and oxygen atoms in total. The highest BCUT2D eigenvalue weighted by Crippen LogP contribution is 2.28. The van der Waals surface area contributed by atoms with Gasteiger partial charge in [-0.25, -0.2) is 0 Å². The average molecular weight is 356 g/mol. The van der Waals surface area contributed by atoms with Crippen molar-refractivity contribution in [1.82, 2.24) is 15.4 Å². The van der Waals surface area contributed by atoms with Gasteiger partial charge in [-0.15, -0.1) is 12.4 Å². The van der Waals surface area contributed by atoms with Crippen LogP contribution in [-0.2, 0) is 11.2 Å². The second kappa shape index (κ2) is 7.81. The van der Waals surface area contributed by atoms with E-state index in [1.165, 1.54) is 0 Å². The van der Waals surface area contributed by atoms with Crippen LogP contribution in [0.5, 0.6) is 0 Å². The molecule has 0 bridgehead atoms. The molecule has 1 fully saturated rings. The molecular weight excluding hydrogens is 337 g/mol. The van der Waals surface area contributed by atoms with Gasteiger partial charge in [0.05, 0.1) is 18.2 Å². The van der Waals surface area contributed by atoms with E-state index in [1.54, 1.807) is 6.07 Å². The van der Waals surface area contributed by atoms with Gasteiger partial charge in [0, 0.05) is 30.7 Å². The Bertz CT molecular complexity index is 675. The van der Waals surface area contributed by atoms with Crippen LogP contribution in [-0.4, -0.2) is 35.6 Å². The fourth-order valence-electron chi connectivity index (χ4n) is 2.78. The number of aromatic nitrogens is 1. The van der Waals surface area contributed by atoms with Crippen LogP contribution in [0.3, 0.4) is 0 Å². The first-order valence-electron chi connectivity index (χ1n) is 7.32. The van der Waals surface area contributed by atoms with Crippen molar-refractivity contribution < 1.29 is 9.32 Å². The van der Waals surface area contributed by atoms with Crippen molar-refractivity contribution in [2.45, 2.75) is 19.4 Å². The molecule has 124 valence electrons. The Labute approximate surface area is 146 Å². The van der Waals surface area contributed by atoms with Crippen LogP contribution in [0.4, 0.5) is 0 Å². The van der Waals surface area contributed by atoms with Gasteiger partial charge in [-0.2, -0.15) is 0 Å². The van der Waals surface area contributed by atoms with Crippen molar-refractivity contribution in [1.29, 1.82) is 0 Å². The van der Waals surface area contributed by atoms with Crippen molar-refractivity contribution in [2.75, 3.05) is 19.6 Å². The molecule has 7 heteroatoms. The van der Waals surface area contributed by atoms with Gasteiger partial charge >= 0.3 is 0 Å². The van der Waals surface area contributed by atoms with Gasteiger partial charge in [0.2, 0.25) is 5.91 Å². The number of hydrogen-bond donors (Lipinski definition) is 1. The molecule has 2 heterocycles. The Morgan fingerprint density at radius 1 is 1.48 bits per heavy atom. The summed E-state index contributed by atoms with van der Waals surface area (Å²) in [7, 11) is 0. The molecule has 1 amide bonds. The molecule has 1 aromatic carbocycles. The van der Waals surface area contributed by atoms with Gasteiger partial charge in [-0.3, -0.25) is 4.79 Å². The second-order valence-electron chi connectivity index (χ2n) is 5.43. The maximum atomic E-state index is 12.6. The van der Waals surface area contributed by atoms with Gasteiger partial charge < -0.3 is 14.7 Å². The van der Waals surface area contributed by atoms with Crippen molar-refractivity contribution in [3.05, 3.63) is 52.4 Å². The fourth-order valence-corrected chi connectivity index (χ4v) is 3.05. The average Bonchev–Trinajstić information content (AvgIpc) is 2.93. The van der Waals surface area contributed by atoms with Crippen LogP contribution in [0.1, 0.15) is 23.1 Å². The van der Waals surface area contributed by atoms with Gasteiger partial charge in [0.1, 0.15) is 5.76 Å². The Hall–Kier alpha value is -1.56. The van der Waals surface area contributed by atoms with Crippen molar-refractivity contribution >= 4 is 29.9 Å². The van der Waals surface area contributed by atoms with E-state index in [0.717, 1.165) is 12.1 Å². The summed E-state index contributed by atoms with van der Waals surface area (Å²) in [6.45, 7) is 3.96. The minimum atomic E-state index is -0.0528. The number of carbonyl (C=O) groups excluding carboxylic acids is 1. The molecule has 1 N–H and O–H groups in total. The molecule has 1 aromatic heterocycles. The van der Waals surface area contributed by atoms with Gasteiger partial charge in [0.25, 0.3) is 0 Å². The van der Waals surface area contributed by atoms with Crippen LogP contribution in [0.2, 0.25) is 5.02 Å². The first-order valence-corrected chi connectivity index (χ1v) is 7.70. The molecule has 0 aliphatic carbocycles. The van der Waals surface area contributed by atoms with E-state index in [2.05, 4.69) is 10.5 Å². The zero-order valence-electron chi connectivity index (χ0n) is 12.8. The number of nitrogens with one attached hydrogen (secondary N) is 1. The zero-order valence-corrected chi connectivity index (χ0v) is 14.4. The van der Waals surface area contributed by atoms with E-state index >= 15 is 0 Å². The monoisotopic (exact) mass is 355 g/mol. The van der Waals surface area contributed by atoms with Crippen molar-refractivity contribution in [3.8, 4) is 0 Å². The predicted molar refractivity (Wildman–Crippen MR) is 91.0 cm³/mol. The Kier molecular flexibility index (Phi) is 6.04. The molecule has 1 aliphatic rings. The zero-order chi connectivity index (χ0) is 15.5. The molecular formula is C16H19Cl2N3O2. The van der Waals surface area contributed by atoms with Gasteiger partial charge in [0.15, 0.2) is 0 Å². The van der Waals surface area contributed by atoms with Crippen LogP contribution < -0.4 is 5.32 Å². The number of piperazine rings is 1. The third-order valence-electron chi connectivity index (χ3n) is 3.84. The summed E-state index contributed by atoms with van der Waals surface area (Å²) in [5, 5.41) is 7.91. The number of nitrogens with zero attached hydrogens (tertiary/aromatic N) is 2. The number of amides is 1. The molecule has 2 aromatic rings. The largest absolute Gasteiger partial charge is 0.361 e. The standard InChI is InChI=1S/C16H18ClN3O2.ClH/c1-11-8-12(19-22-11)9-16(21)20-7-6-18-10-15(20)13-4-2-3-5-14(13)17;/h2-5,8,15,18H,6-7,9-10H2,1H3;1H. The number of hydrogen-bond acceptors (Lipinski definition) is 4. The lowest BCUT2D eigenvalue weighted by atomic mass is 10.0. The number of rotatable bonds is 3. The first kappa shape index (κ1) is 17.8. The van der Waals surface area contributed by atoms with Crippen LogP contribution in [0, 0.1) is 6.92 Å². The summed E-state index contributed by atoms with van der Waals surface area (Å²) in [5.41, 5.74) is 1.64. The van der Waals surface area contributed by atoms with E-state index in [1.807, 2.05) is 36.1 Å². The minimum Gasteiger partial charge on any atom is -0.361 e. The van der Waals surface area contributed by atoms with Gasteiger partial charge in [-0.05, 0) is 18.6 Å². The van der Waals surface area contributed by atoms with E-state index in [4.69, 9.17) is 16.1 Å². The van der Waals surface area contributed by atoms with Crippen molar-refractivity contribution in [2.24, 2.45) is 0 Å². The van der Waals surface area contributed by atoms with E-state index in [9.17, 15) is 4.79 Å². The third-order valence-corrected chi connectivity index (χ3v) is 4.18. The lowest BCUT2D eigenvalue weighted by Crippen LogP contribution is -2.49. The lowest BCUT2D eigenvalue weighted by Gasteiger charge is -2.37. The number of aryl methyl sites for hydroxylation is 1. The fraction of sp³-hybridized carbons (Fsp3) is 0.375. The SMILES string of the molecule is Cc1cc(CC(=O)N2CCNCC2c2ccccc2Cl)no1.Cl. The van der Waals surface area contributed by atoms with E-state index in [0.29, 0.717) is 29.6 Å². The molecule has 23 heavy (non-hydrogen) atoms. The summed E-state index contributed by atoms with van der Waals surface area (Å²) in [6, 6.07) is 9.41. The predicted octanol–water partition coefficient (Wildman–Crippen LogP) is 2.77. The third kappa shape index (κ3) is 4.05. The Morgan fingerprint density at radius 3 is 2.96 bits per heavy atom. The molecule has 1 saturated heterocycles. The van der Waals surface area contributed by atoms with Gasteiger partial charge in [-0.1, -0.05) is 35.0 Å². The maximum Gasteiger partial charge on any atom is 0.229 e. The highest BCUT2D eigenvalue weighted by Gasteiger charge is 2.29. The Balaban J connectivity index is 0.00000192. The smallest absolute Gasteiger partial charge is 0.229 e. The summed E-state index contributed by atoms with van der Waals surface area (Å²) in [6.07, 6.45) is 0.248. The second-order valence-corrected chi connectivity index (χ2v) is 5.84. The normalized spacial score (nSPS) is 17.7. The maximum absolute atomic E-state index is 12.6. The molecule has 1 aliphatic heterocycles. The molecule has 0 radical (unpaired) electrons. The molecule has 1 atom stereocenters. The Morgan fingerprint density at radius 2 is 2.26 bits per heavy atom. The number of benzene rings is 1. The summed E-state index contributed by atoms with van der Waals surface area (Å²) in [4.78, 5) is 14.5. The first-order chi connectivity index (χ1) is 10.6. The topological polar surface area (TPSA) is 58.4 Å². The quantitative estimate of drug-likeness (QED) is 0.919. The number of carbonyl (C=O) groups is 1. The highest BCUT2D eigenvalue weighted by molar-refractivity contribution is 6.31. The van der Waals surface area contributed by atoms with E-state index < -0.39 is 0 Å². The van der Waals surface area contributed by atoms with Crippen molar-refractivity contribution in [3.63, 3.8) is 0 Å². The molecule has 3 rings (SSSR count). The highest BCUT2D eigenvalue weighted by atomic mass is 35.5. The lowest BCUT2D eigenvalue weighted by molar-refractivity contribution is -0.133. The van der Waals surface area contributed by atoms with Crippen LogP contribution >= 0.6 is 24.0 Å². The summed E-state index contributed by atoms with van der Waals surface area (Å²) in [5.74, 6) is 0.755. The molecule has 1 unspecified atom stereocenters. The van der Waals surface area contributed by atoms with Crippen LogP contribution in [0.25, 0.3) is 0 Å². The number of halogens is 2. The van der Waals surface area contributed by atoms with E-state index in [-0.39, 0.29) is 30.8 Å². The minimum absolute atomic E-state index is 0.